The molecule has 0 aromatic carbocycles. The molecule has 2 atom stereocenters. The molecule has 1 fully saturated rings. The van der Waals surface area contributed by atoms with Gasteiger partial charge in [-0.1, -0.05) is 6.42 Å². The molecule has 0 heterocycles. The predicted octanol–water partition coefficient (Wildman–Crippen LogP) is 1.64. The summed E-state index contributed by atoms with van der Waals surface area (Å²) in [6.07, 6.45) is 2.94. The molecule has 4 heteroatoms. The first kappa shape index (κ1) is 12.3. The number of rotatable bonds is 2. The van der Waals surface area contributed by atoms with Crippen LogP contribution in [0.3, 0.4) is 0 Å². The molecule has 0 spiro atoms. The molecule has 0 radical (unpaired) electrons. The molecule has 1 saturated carbocycles. The lowest BCUT2D eigenvalue weighted by Crippen LogP contribution is -2.42. The lowest BCUT2D eigenvalue weighted by atomic mass is 10.0. The summed E-state index contributed by atoms with van der Waals surface area (Å²) in [7, 11) is 0. The fraction of sp³-hybridized carbons (Fsp3) is 0.909. The second-order valence-electron chi connectivity index (χ2n) is 5.18. The average molecular weight is 214 g/mol. The SMILES string of the molecule is CC(C)(C)OC(=O)NC1CCCC1CN. The molecule has 0 bridgehead atoms. The zero-order valence-corrected chi connectivity index (χ0v) is 9.88. The molecule has 4 nitrogen and oxygen atoms in total. The lowest BCUT2D eigenvalue weighted by molar-refractivity contribution is 0.0494. The Balaban J connectivity index is 2.37. The number of carbonyl (C=O) groups is 1. The van der Waals surface area contributed by atoms with E-state index in [4.69, 9.17) is 10.5 Å². The van der Waals surface area contributed by atoms with Gasteiger partial charge in [0.2, 0.25) is 0 Å². The molecule has 15 heavy (non-hydrogen) atoms. The van der Waals surface area contributed by atoms with Crippen molar-refractivity contribution >= 4 is 6.09 Å². The van der Waals surface area contributed by atoms with Gasteiger partial charge >= 0.3 is 6.09 Å². The van der Waals surface area contributed by atoms with Crippen molar-refractivity contribution in [2.24, 2.45) is 11.7 Å². The van der Waals surface area contributed by atoms with Crippen LogP contribution in [0.1, 0.15) is 40.0 Å². The van der Waals surface area contributed by atoms with E-state index in [1.54, 1.807) is 0 Å². The van der Waals surface area contributed by atoms with Gasteiger partial charge in [0, 0.05) is 6.04 Å². The van der Waals surface area contributed by atoms with Crippen molar-refractivity contribution < 1.29 is 9.53 Å². The van der Waals surface area contributed by atoms with Crippen molar-refractivity contribution in [3.8, 4) is 0 Å². The standard InChI is InChI=1S/C11H22N2O2/c1-11(2,3)15-10(14)13-9-6-4-5-8(9)7-12/h8-9H,4-7,12H2,1-3H3,(H,13,14). The predicted molar refractivity (Wildman–Crippen MR) is 59.6 cm³/mol. The van der Waals surface area contributed by atoms with Crippen molar-refractivity contribution in [1.29, 1.82) is 0 Å². The van der Waals surface area contributed by atoms with Gasteiger partial charge in [-0.2, -0.15) is 0 Å². The van der Waals surface area contributed by atoms with Crippen LogP contribution in [0.4, 0.5) is 4.79 Å². The number of amides is 1. The summed E-state index contributed by atoms with van der Waals surface area (Å²) in [5.74, 6) is 0.414. The van der Waals surface area contributed by atoms with Gasteiger partial charge in [-0.3, -0.25) is 0 Å². The first-order valence-corrected chi connectivity index (χ1v) is 5.62. The Hall–Kier alpha value is -0.770. The van der Waals surface area contributed by atoms with E-state index in [0.717, 1.165) is 19.3 Å². The first-order valence-electron chi connectivity index (χ1n) is 5.62. The minimum absolute atomic E-state index is 0.199. The van der Waals surface area contributed by atoms with E-state index in [1.165, 1.54) is 0 Å². The molecule has 0 saturated heterocycles. The van der Waals surface area contributed by atoms with Crippen LogP contribution in [0.15, 0.2) is 0 Å². The largest absolute Gasteiger partial charge is 0.444 e. The van der Waals surface area contributed by atoms with Gasteiger partial charge < -0.3 is 15.8 Å². The molecule has 3 N–H and O–H groups in total. The maximum absolute atomic E-state index is 11.5. The monoisotopic (exact) mass is 214 g/mol. The van der Waals surface area contributed by atoms with Crippen LogP contribution < -0.4 is 11.1 Å². The molecule has 1 rings (SSSR count). The number of nitrogens with one attached hydrogen (secondary N) is 1. The van der Waals surface area contributed by atoms with E-state index in [2.05, 4.69) is 5.32 Å². The summed E-state index contributed by atoms with van der Waals surface area (Å²) in [5, 5.41) is 2.90. The Morgan fingerprint density at radius 2 is 2.13 bits per heavy atom. The molecule has 0 aliphatic heterocycles. The van der Waals surface area contributed by atoms with Gasteiger partial charge in [0.15, 0.2) is 0 Å². The Morgan fingerprint density at radius 3 is 2.67 bits per heavy atom. The van der Waals surface area contributed by atoms with Crippen LogP contribution in [0.5, 0.6) is 0 Å². The number of hydrogen-bond donors (Lipinski definition) is 2. The molecular formula is C11H22N2O2. The summed E-state index contributed by atoms with van der Waals surface area (Å²) in [4.78, 5) is 11.5. The minimum atomic E-state index is -0.430. The molecule has 1 aliphatic rings. The van der Waals surface area contributed by atoms with Gasteiger partial charge in [-0.05, 0) is 46.1 Å². The van der Waals surface area contributed by atoms with Crippen LogP contribution in [-0.4, -0.2) is 24.3 Å². The van der Waals surface area contributed by atoms with Crippen LogP contribution >= 0.6 is 0 Å². The third-order valence-electron chi connectivity index (χ3n) is 2.66. The molecule has 2 unspecified atom stereocenters. The zero-order chi connectivity index (χ0) is 11.5. The van der Waals surface area contributed by atoms with E-state index in [1.807, 2.05) is 20.8 Å². The van der Waals surface area contributed by atoms with Gasteiger partial charge in [-0.15, -0.1) is 0 Å². The average Bonchev–Trinajstić information content (AvgIpc) is 2.48. The minimum Gasteiger partial charge on any atom is -0.444 e. The van der Waals surface area contributed by atoms with Gasteiger partial charge in [0.05, 0.1) is 0 Å². The quantitative estimate of drug-likeness (QED) is 0.734. The van der Waals surface area contributed by atoms with Crippen molar-refractivity contribution in [1.82, 2.24) is 5.32 Å². The third-order valence-corrected chi connectivity index (χ3v) is 2.66. The molecule has 1 amide bonds. The highest BCUT2D eigenvalue weighted by Crippen LogP contribution is 2.24. The third kappa shape index (κ3) is 4.08. The zero-order valence-electron chi connectivity index (χ0n) is 9.88. The Morgan fingerprint density at radius 1 is 1.47 bits per heavy atom. The molecule has 88 valence electrons. The van der Waals surface area contributed by atoms with Crippen LogP contribution in [0.2, 0.25) is 0 Å². The number of hydrogen-bond acceptors (Lipinski definition) is 3. The number of ether oxygens (including phenoxy) is 1. The summed E-state index contributed by atoms with van der Waals surface area (Å²) in [5.41, 5.74) is 5.21. The Kier molecular flexibility index (Phi) is 3.97. The fourth-order valence-electron chi connectivity index (χ4n) is 1.97. The van der Waals surface area contributed by atoms with E-state index >= 15 is 0 Å². The molecule has 0 aromatic rings. The number of nitrogens with two attached hydrogens (primary N) is 1. The van der Waals surface area contributed by atoms with Crippen molar-refractivity contribution in [3.63, 3.8) is 0 Å². The maximum Gasteiger partial charge on any atom is 0.407 e. The van der Waals surface area contributed by atoms with E-state index in [-0.39, 0.29) is 12.1 Å². The fourth-order valence-corrected chi connectivity index (χ4v) is 1.97. The molecule has 0 aromatic heterocycles. The summed E-state index contributed by atoms with van der Waals surface area (Å²) in [6, 6.07) is 0.199. The highest BCUT2D eigenvalue weighted by molar-refractivity contribution is 5.68. The highest BCUT2D eigenvalue weighted by atomic mass is 16.6. The lowest BCUT2D eigenvalue weighted by Gasteiger charge is -2.24. The van der Waals surface area contributed by atoms with Gasteiger partial charge in [0.25, 0.3) is 0 Å². The van der Waals surface area contributed by atoms with Crippen LogP contribution in [0, 0.1) is 5.92 Å². The molecule has 1 aliphatic carbocycles. The van der Waals surface area contributed by atoms with Gasteiger partial charge in [0.1, 0.15) is 5.60 Å². The van der Waals surface area contributed by atoms with Crippen LogP contribution in [0.25, 0.3) is 0 Å². The van der Waals surface area contributed by atoms with Crippen molar-refractivity contribution in [3.05, 3.63) is 0 Å². The van der Waals surface area contributed by atoms with E-state index in [9.17, 15) is 4.79 Å². The number of alkyl carbamates (subject to hydrolysis) is 1. The second kappa shape index (κ2) is 4.84. The Bertz CT molecular complexity index is 223. The summed E-state index contributed by atoms with van der Waals surface area (Å²) >= 11 is 0. The summed E-state index contributed by atoms with van der Waals surface area (Å²) < 4.78 is 5.20. The normalized spacial score (nSPS) is 26.4. The highest BCUT2D eigenvalue weighted by Gasteiger charge is 2.28. The van der Waals surface area contributed by atoms with Crippen LogP contribution in [-0.2, 0) is 4.74 Å². The van der Waals surface area contributed by atoms with Crippen molar-refractivity contribution in [2.75, 3.05) is 6.54 Å². The first-order chi connectivity index (χ1) is 6.92. The van der Waals surface area contributed by atoms with E-state index < -0.39 is 5.60 Å². The Labute approximate surface area is 91.5 Å². The van der Waals surface area contributed by atoms with E-state index in [0.29, 0.717) is 12.5 Å². The molecular weight excluding hydrogens is 192 g/mol. The topological polar surface area (TPSA) is 64.3 Å². The second-order valence-corrected chi connectivity index (χ2v) is 5.18. The maximum atomic E-state index is 11.5. The smallest absolute Gasteiger partial charge is 0.407 e. The number of carbonyl (C=O) groups excluding carboxylic acids is 1. The van der Waals surface area contributed by atoms with Crippen molar-refractivity contribution in [2.45, 2.75) is 51.7 Å². The summed E-state index contributed by atoms with van der Waals surface area (Å²) in [6.45, 7) is 6.23. The van der Waals surface area contributed by atoms with Gasteiger partial charge in [-0.25, -0.2) is 4.79 Å².